The molecule has 2 rings (SSSR count). The Kier molecular flexibility index (Phi) is 5.12. The van der Waals surface area contributed by atoms with Crippen LogP contribution in [-0.2, 0) is 22.4 Å². The van der Waals surface area contributed by atoms with Crippen molar-refractivity contribution < 1.29 is 9.53 Å². The lowest BCUT2D eigenvalue weighted by atomic mass is 10.1. The minimum absolute atomic E-state index is 0.224. The number of rotatable bonds is 6. The molecule has 0 saturated carbocycles. The van der Waals surface area contributed by atoms with Crippen molar-refractivity contribution in [1.29, 1.82) is 0 Å². The van der Waals surface area contributed by atoms with Gasteiger partial charge in [-0.15, -0.1) is 11.3 Å². The predicted molar refractivity (Wildman–Crippen MR) is 81.1 cm³/mol. The third-order valence-electron chi connectivity index (χ3n) is 2.86. The molecule has 1 heterocycles. The second-order valence-corrected chi connectivity index (χ2v) is 5.49. The first-order valence-electron chi connectivity index (χ1n) is 6.49. The van der Waals surface area contributed by atoms with Crippen molar-refractivity contribution in [3.63, 3.8) is 0 Å². The number of benzene rings is 1. The van der Waals surface area contributed by atoms with Crippen molar-refractivity contribution in [2.75, 3.05) is 12.4 Å². The zero-order valence-corrected chi connectivity index (χ0v) is 12.4. The van der Waals surface area contributed by atoms with Crippen molar-refractivity contribution in [3.05, 3.63) is 47.0 Å². The molecule has 1 atom stereocenters. The summed E-state index contributed by atoms with van der Waals surface area (Å²) in [5.74, 6) is -0.265. The maximum Gasteiger partial charge on any atom is 0.311 e. The van der Waals surface area contributed by atoms with Gasteiger partial charge in [-0.05, 0) is 18.9 Å². The Morgan fingerprint density at radius 3 is 2.85 bits per heavy atom. The molecule has 0 aliphatic rings. The fourth-order valence-electron chi connectivity index (χ4n) is 1.90. The monoisotopic (exact) mass is 290 g/mol. The lowest BCUT2D eigenvalue weighted by Gasteiger charge is -2.12. The van der Waals surface area contributed by atoms with Gasteiger partial charge in [0.25, 0.3) is 0 Å². The highest BCUT2D eigenvalue weighted by Gasteiger charge is 2.09. The normalized spacial score (nSPS) is 11.9. The van der Waals surface area contributed by atoms with Crippen LogP contribution >= 0.6 is 11.3 Å². The zero-order chi connectivity index (χ0) is 14.4. The van der Waals surface area contributed by atoms with Gasteiger partial charge in [0.15, 0.2) is 5.13 Å². The number of esters is 1. The minimum Gasteiger partial charge on any atom is -0.469 e. The molecular weight excluding hydrogens is 272 g/mol. The SMILES string of the molecule is COC(=O)Cc1csc(NC(C)Cc2ccccc2)n1. The number of thiazole rings is 1. The predicted octanol–water partition coefficient (Wildman–Crippen LogP) is 2.90. The Hall–Kier alpha value is -1.88. The largest absolute Gasteiger partial charge is 0.469 e. The van der Waals surface area contributed by atoms with Crippen molar-refractivity contribution in [2.45, 2.75) is 25.8 Å². The molecular formula is C15H18N2O2S. The van der Waals surface area contributed by atoms with Crippen LogP contribution in [0.1, 0.15) is 18.2 Å². The topological polar surface area (TPSA) is 51.2 Å². The first-order chi connectivity index (χ1) is 9.67. The Labute approximate surface area is 122 Å². The third kappa shape index (κ3) is 4.35. The van der Waals surface area contributed by atoms with E-state index >= 15 is 0 Å². The van der Waals surface area contributed by atoms with E-state index in [-0.39, 0.29) is 18.4 Å². The minimum atomic E-state index is -0.265. The van der Waals surface area contributed by atoms with Crippen LogP contribution in [0.5, 0.6) is 0 Å². The summed E-state index contributed by atoms with van der Waals surface area (Å²) >= 11 is 1.51. The van der Waals surface area contributed by atoms with Crippen LogP contribution in [0.3, 0.4) is 0 Å². The van der Waals surface area contributed by atoms with Crippen molar-refractivity contribution in [3.8, 4) is 0 Å². The number of methoxy groups -OCH3 is 1. The molecule has 0 saturated heterocycles. The number of carbonyl (C=O) groups is 1. The van der Waals surface area contributed by atoms with Gasteiger partial charge in [-0.2, -0.15) is 0 Å². The molecule has 0 fully saturated rings. The lowest BCUT2D eigenvalue weighted by molar-refractivity contribution is -0.139. The summed E-state index contributed by atoms with van der Waals surface area (Å²) in [4.78, 5) is 15.6. The molecule has 0 aliphatic carbocycles. The number of ether oxygens (including phenoxy) is 1. The Balaban J connectivity index is 1.88. The van der Waals surface area contributed by atoms with Crippen LogP contribution in [0.15, 0.2) is 35.7 Å². The summed E-state index contributed by atoms with van der Waals surface area (Å²) in [6.07, 6.45) is 1.16. The second-order valence-electron chi connectivity index (χ2n) is 4.63. The highest BCUT2D eigenvalue weighted by atomic mass is 32.1. The second kappa shape index (κ2) is 7.05. The summed E-state index contributed by atoms with van der Waals surface area (Å²) in [6.45, 7) is 2.12. The molecule has 1 aromatic heterocycles. The molecule has 2 aromatic rings. The van der Waals surface area contributed by atoms with Gasteiger partial charge in [0.05, 0.1) is 19.2 Å². The van der Waals surface area contributed by atoms with Gasteiger partial charge in [-0.1, -0.05) is 30.3 Å². The summed E-state index contributed by atoms with van der Waals surface area (Å²) in [7, 11) is 1.38. The van der Waals surface area contributed by atoms with Gasteiger partial charge >= 0.3 is 5.97 Å². The van der Waals surface area contributed by atoms with Crippen molar-refractivity contribution >= 4 is 22.4 Å². The maximum atomic E-state index is 11.2. The average molecular weight is 290 g/mol. The van der Waals surface area contributed by atoms with Crippen molar-refractivity contribution in [1.82, 2.24) is 4.98 Å². The first kappa shape index (κ1) is 14.5. The van der Waals surface area contributed by atoms with E-state index in [1.54, 1.807) is 0 Å². The van der Waals surface area contributed by atoms with E-state index < -0.39 is 0 Å². The quantitative estimate of drug-likeness (QED) is 0.831. The number of anilines is 1. The Morgan fingerprint density at radius 2 is 2.15 bits per heavy atom. The highest BCUT2D eigenvalue weighted by Crippen LogP contribution is 2.18. The number of nitrogens with zero attached hydrogens (tertiary/aromatic N) is 1. The van der Waals surface area contributed by atoms with E-state index in [9.17, 15) is 4.79 Å². The number of aromatic nitrogens is 1. The lowest BCUT2D eigenvalue weighted by Crippen LogP contribution is -2.18. The third-order valence-corrected chi connectivity index (χ3v) is 3.68. The van der Waals surface area contributed by atoms with E-state index in [0.717, 1.165) is 17.2 Å². The number of hydrogen-bond donors (Lipinski definition) is 1. The summed E-state index contributed by atoms with van der Waals surface area (Å²) in [6, 6.07) is 10.6. The first-order valence-corrected chi connectivity index (χ1v) is 7.37. The highest BCUT2D eigenvalue weighted by molar-refractivity contribution is 7.13. The van der Waals surface area contributed by atoms with Crippen LogP contribution < -0.4 is 5.32 Å². The fraction of sp³-hybridized carbons (Fsp3) is 0.333. The van der Waals surface area contributed by atoms with E-state index in [0.29, 0.717) is 0 Å². The van der Waals surface area contributed by atoms with E-state index in [1.165, 1.54) is 24.0 Å². The number of carbonyl (C=O) groups excluding carboxylic acids is 1. The van der Waals surface area contributed by atoms with Gasteiger partial charge in [-0.25, -0.2) is 4.98 Å². The molecule has 0 spiro atoms. The Bertz CT molecular complexity index is 554. The maximum absolute atomic E-state index is 11.2. The molecule has 0 bridgehead atoms. The van der Waals surface area contributed by atoms with Crippen LogP contribution in [0, 0.1) is 0 Å². The van der Waals surface area contributed by atoms with Gasteiger partial charge < -0.3 is 10.1 Å². The fourth-order valence-corrected chi connectivity index (χ4v) is 2.73. The van der Waals surface area contributed by atoms with Crippen molar-refractivity contribution in [2.24, 2.45) is 0 Å². The molecule has 5 heteroatoms. The van der Waals surface area contributed by atoms with E-state index in [4.69, 9.17) is 0 Å². The molecule has 1 aromatic carbocycles. The summed E-state index contributed by atoms with van der Waals surface area (Å²) in [5, 5.41) is 6.08. The summed E-state index contributed by atoms with van der Waals surface area (Å²) in [5.41, 5.74) is 2.04. The van der Waals surface area contributed by atoms with Gasteiger partial charge in [0.2, 0.25) is 0 Å². The van der Waals surface area contributed by atoms with Crippen LogP contribution in [-0.4, -0.2) is 24.1 Å². The van der Waals surface area contributed by atoms with Gasteiger partial charge in [0.1, 0.15) is 0 Å². The molecule has 0 radical (unpaired) electrons. The molecule has 1 N–H and O–H groups in total. The summed E-state index contributed by atoms with van der Waals surface area (Å²) < 4.78 is 4.63. The number of hydrogen-bond acceptors (Lipinski definition) is 5. The molecule has 4 nitrogen and oxygen atoms in total. The standard InChI is InChI=1S/C15H18N2O2S/c1-11(8-12-6-4-3-5-7-12)16-15-17-13(10-20-15)9-14(18)19-2/h3-7,10-11H,8-9H2,1-2H3,(H,16,17). The molecule has 106 valence electrons. The molecule has 0 amide bonds. The number of nitrogens with one attached hydrogen (secondary N) is 1. The average Bonchev–Trinajstić information content (AvgIpc) is 2.86. The molecule has 1 unspecified atom stereocenters. The Morgan fingerprint density at radius 1 is 1.40 bits per heavy atom. The van der Waals surface area contributed by atoms with Gasteiger partial charge in [0, 0.05) is 11.4 Å². The zero-order valence-electron chi connectivity index (χ0n) is 11.6. The molecule has 0 aliphatic heterocycles. The van der Waals surface area contributed by atoms with Gasteiger partial charge in [-0.3, -0.25) is 4.79 Å². The smallest absolute Gasteiger partial charge is 0.311 e. The van der Waals surface area contributed by atoms with E-state index in [2.05, 4.69) is 34.1 Å². The van der Waals surface area contributed by atoms with Crippen LogP contribution in [0.4, 0.5) is 5.13 Å². The van der Waals surface area contributed by atoms with E-state index in [1.807, 2.05) is 23.6 Å². The molecule has 20 heavy (non-hydrogen) atoms. The van der Waals surface area contributed by atoms with Crippen LogP contribution in [0.2, 0.25) is 0 Å². The van der Waals surface area contributed by atoms with Crippen LogP contribution in [0.25, 0.3) is 0 Å².